The van der Waals surface area contributed by atoms with Gasteiger partial charge in [0.15, 0.2) is 5.16 Å². The predicted molar refractivity (Wildman–Crippen MR) is 97.7 cm³/mol. The number of nitrogens with one attached hydrogen (secondary N) is 3. The molecule has 0 saturated heterocycles. The molecule has 0 spiro atoms. The van der Waals surface area contributed by atoms with Crippen LogP contribution in [0.25, 0.3) is 10.9 Å². The van der Waals surface area contributed by atoms with Crippen LogP contribution in [0.5, 0.6) is 0 Å². The van der Waals surface area contributed by atoms with Crippen LogP contribution in [-0.2, 0) is 6.42 Å². The number of aromatic amines is 1. The van der Waals surface area contributed by atoms with E-state index in [1.54, 1.807) is 13.2 Å². The first kappa shape index (κ1) is 16.3. The molecule has 3 N–H and O–H groups in total. The molecule has 1 amide bonds. The van der Waals surface area contributed by atoms with E-state index in [0.29, 0.717) is 23.1 Å². The standard InChI is InChI=1S/C17H19N5OS/c1-18-16(23)13-10-21-17(24-2)22-15(13)19-8-7-11-9-20-14-6-4-3-5-12(11)14/h3-6,9-10,20H,7-8H2,1-2H3,(H,18,23)(H,19,21,22). The minimum absolute atomic E-state index is 0.197. The second-order valence-electron chi connectivity index (χ2n) is 5.23. The number of rotatable bonds is 6. The fourth-order valence-electron chi connectivity index (χ4n) is 2.55. The number of nitrogens with zero attached hydrogens (tertiary/aromatic N) is 2. The molecule has 7 heteroatoms. The number of benzene rings is 1. The van der Waals surface area contributed by atoms with Gasteiger partial charge in [0, 0.05) is 36.9 Å². The lowest BCUT2D eigenvalue weighted by molar-refractivity contribution is 0.0963. The highest BCUT2D eigenvalue weighted by Gasteiger charge is 2.13. The Balaban J connectivity index is 1.75. The summed E-state index contributed by atoms with van der Waals surface area (Å²) in [7, 11) is 1.60. The lowest BCUT2D eigenvalue weighted by Gasteiger charge is -2.10. The summed E-state index contributed by atoms with van der Waals surface area (Å²) >= 11 is 1.45. The molecule has 0 atom stereocenters. The van der Waals surface area contributed by atoms with Gasteiger partial charge in [0.25, 0.3) is 5.91 Å². The fraction of sp³-hybridized carbons (Fsp3) is 0.235. The number of carbonyl (C=O) groups excluding carboxylic acids is 1. The number of thioether (sulfide) groups is 1. The summed E-state index contributed by atoms with van der Waals surface area (Å²) in [6.07, 6.45) is 6.32. The van der Waals surface area contributed by atoms with E-state index in [4.69, 9.17) is 0 Å². The van der Waals surface area contributed by atoms with Crippen molar-refractivity contribution in [3.05, 3.63) is 47.8 Å². The number of anilines is 1. The van der Waals surface area contributed by atoms with Crippen LogP contribution in [-0.4, -0.2) is 40.7 Å². The van der Waals surface area contributed by atoms with E-state index in [9.17, 15) is 4.79 Å². The van der Waals surface area contributed by atoms with Gasteiger partial charge in [-0.25, -0.2) is 9.97 Å². The van der Waals surface area contributed by atoms with Crippen LogP contribution < -0.4 is 10.6 Å². The topological polar surface area (TPSA) is 82.7 Å². The quantitative estimate of drug-likeness (QED) is 0.474. The Bertz CT molecular complexity index is 861. The maximum absolute atomic E-state index is 12.0. The lowest BCUT2D eigenvalue weighted by Crippen LogP contribution is -2.21. The molecule has 3 aromatic rings. The highest BCUT2D eigenvalue weighted by atomic mass is 32.2. The van der Waals surface area contributed by atoms with Gasteiger partial charge < -0.3 is 15.6 Å². The molecular formula is C17H19N5OS. The van der Waals surface area contributed by atoms with Crippen molar-refractivity contribution >= 4 is 34.4 Å². The third-order valence-electron chi connectivity index (χ3n) is 3.78. The third-order valence-corrected chi connectivity index (χ3v) is 4.34. The summed E-state index contributed by atoms with van der Waals surface area (Å²) in [6, 6.07) is 8.21. The Kier molecular flexibility index (Phi) is 5.00. The van der Waals surface area contributed by atoms with E-state index >= 15 is 0 Å². The predicted octanol–water partition coefficient (Wildman–Crippen LogP) is 2.69. The van der Waals surface area contributed by atoms with Gasteiger partial charge in [-0.15, -0.1) is 0 Å². The monoisotopic (exact) mass is 341 g/mol. The van der Waals surface area contributed by atoms with Gasteiger partial charge in [0.05, 0.1) is 0 Å². The SMILES string of the molecule is CNC(=O)c1cnc(SC)nc1NCCc1c[nH]c2ccccc12. The van der Waals surface area contributed by atoms with E-state index in [2.05, 4.69) is 37.7 Å². The van der Waals surface area contributed by atoms with Crippen molar-refractivity contribution in [3.8, 4) is 0 Å². The number of hydrogen-bond acceptors (Lipinski definition) is 5. The zero-order chi connectivity index (χ0) is 16.9. The fourth-order valence-corrected chi connectivity index (χ4v) is 2.89. The Hall–Kier alpha value is -2.54. The van der Waals surface area contributed by atoms with Crippen molar-refractivity contribution < 1.29 is 4.79 Å². The highest BCUT2D eigenvalue weighted by molar-refractivity contribution is 7.98. The van der Waals surface area contributed by atoms with E-state index in [1.165, 1.54) is 22.7 Å². The molecule has 6 nitrogen and oxygen atoms in total. The molecule has 0 saturated carbocycles. The molecule has 0 aliphatic heterocycles. The maximum Gasteiger partial charge on any atom is 0.256 e. The number of amides is 1. The van der Waals surface area contributed by atoms with Gasteiger partial charge in [0.1, 0.15) is 11.4 Å². The Morgan fingerprint density at radius 2 is 2.17 bits per heavy atom. The smallest absolute Gasteiger partial charge is 0.256 e. The summed E-state index contributed by atoms with van der Waals surface area (Å²) in [5.41, 5.74) is 2.82. The number of para-hydroxylation sites is 1. The zero-order valence-electron chi connectivity index (χ0n) is 13.6. The summed E-state index contributed by atoms with van der Waals surface area (Å²) in [5.74, 6) is 0.366. The van der Waals surface area contributed by atoms with E-state index < -0.39 is 0 Å². The second-order valence-corrected chi connectivity index (χ2v) is 6.01. The van der Waals surface area contributed by atoms with Gasteiger partial charge in [-0.1, -0.05) is 30.0 Å². The van der Waals surface area contributed by atoms with E-state index in [1.807, 2.05) is 24.6 Å². The molecule has 3 rings (SSSR count). The molecule has 24 heavy (non-hydrogen) atoms. The van der Waals surface area contributed by atoms with E-state index in [-0.39, 0.29) is 5.91 Å². The summed E-state index contributed by atoms with van der Waals surface area (Å²) < 4.78 is 0. The van der Waals surface area contributed by atoms with Crippen molar-refractivity contribution in [1.29, 1.82) is 0 Å². The molecule has 0 bridgehead atoms. The van der Waals surface area contributed by atoms with Crippen LogP contribution in [0.2, 0.25) is 0 Å². The molecule has 0 unspecified atom stereocenters. The highest BCUT2D eigenvalue weighted by Crippen LogP contribution is 2.19. The summed E-state index contributed by atoms with van der Waals surface area (Å²) in [4.78, 5) is 23.8. The number of aromatic nitrogens is 3. The summed E-state index contributed by atoms with van der Waals surface area (Å²) in [6.45, 7) is 0.677. The van der Waals surface area contributed by atoms with Crippen LogP contribution in [0.15, 0.2) is 41.8 Å². The molecule has 2 heterocycles. The first-order valence-electron chi connectivity index (χ1n) is 7.65. The molecule has 0 fully saturated rings. The lowest BCUT2D eigenvalue weighted by atomic mass is 10.1. The molecule has 2 aromatic heterocycles. The molecule has 124 valence electrons. The van der Waals surface area contributed by atoms with Crippen molar-refractivity contribution in [3.63, 3.8) is 0 Å². The van der Waals surface area contributed by atoms with Crippen LogP contribution in [0, 0.1) is 0 Å². The minimum atomic E-state index is -0.197. The van der Waals surface area contributed by atoms with Crippen molar-refractivity contribution in [2.45, 2.75) is 11.6 Å². The molecule has 0 radical (unpaired) electrons. The van der Waals surface area contributed by atoms with E-state index in [0.717, 1.165) is 11.9 Å². The molecule has 1 aromatic carbocycles. The van der Waals surface area contributed by atoms with Gasteiger partial charge in [-0.05, 0) is 24.3 Å². The molecular weight excluding hydrogens is 322 g/mol. The Labute approximate surface area is 144 Å². The van der Waals surface area contributed by atoms with Crippen LogP contribution >= 0.6 is 11.8 Å². The van der Waals surface area contributed by atoms with Crippen LogP contribution in [0.1, 0.15) is 15.9 Å². The average Bonchev–Trinajstić information content (AvgIpc) is 3.04. The Morgan fingerprint density at radius 1 is 1.33 bits per heavy atom. The second kappa shape index (κ2) is 7.35. The van der Waals surface area contributed by atoms with Crippen LogP contribution in [0.3, 0.4) is 0 Å². The number of H-pyrrole nitrogens is 1. The molecule has 0 aliphatic carbocycles. The average molecular weight is 341 g/mol. The first-order chi connectivity index (χ1) is 11.7. The van der Waals surface area contributed by atoms with Gasteiger partial charge in [-0.3, -0.25) is 4.79 Å². The first-order valence-corrected chi connectivity index (χ1v) is 8.87. The van der Waals surface area contributed by atoms with Gasteiger partial charge in [0.2, 0.25) is 0 Å². The number of carbonyl (C=O) groups is 1. The largest absolute Gasteiger partial charge is 0.369 e. The van der Waals surface area contributed by atoms with Crippen molar-refractivity contribution in [1.82, 2.24) is 20.3 Å². The van der Waals surface area contributed by atoms with Crippen molar-refractivity contribution in [2.24, 2.45) is 0 Å². The summed E-state index contributed by atoms with van der Waals surface area (Å²) in [5, 5.41) is 7.74. The maximum atomic E-state index is 12.0. The zero-order valence-corrected chi connectivity index (χ0v) is 14.4. The number of fused-ring (bicyclic) bond motifs is 1. The number of hydrogen-bond donors (Lipinski definition) is 3. The minimum Gasteiger partial charge on any atom is -0.369 e. The third kappa shape index (κ3) is 3.35. The normalized spacial score (nSPS) is 10.8. The Morgan fingerprint density at radius 3 is 2.96 bits per heavy atom. The van der Waals surface area contributed by atoms with Crippen LogP contribution in [0.4, 0.5) is 5.82 Å². The molecule has 0 aliphatic rings. The van der Waals surface area contributed by atoms with Gasteiger partial charge in [-0.2, -0.15) is 0 Å². The van der Waals surface area contributed by atoms with Gasteiger partial charge >= 0.3 is 0 Å². The van der Waals surface area contributed by atoms with Crippen molar-refractivity contribution in [2.75, 3.05) is 25.2 Å².